The molecular weight excluding hydrogens is 188 g/mol. The fourth-order valence-electron chi connectivity index (χ4n) is 2.33. The van der Waals surface area contributed by atoms with Gasteiger partial charge in [0.2, 0.25) is 5.91 Å². The molecule has 2 fully saturated rings. The largest absolute Gasteiger partial charge is 0.342 e. The summed E-state index contributed by atoms with van der Waals surface area (Å²) in [7, 11) is 0. The highest BCUT2D eigenvalue weighted by atomic mass is 16.2. The molecule has 0 unspecified atom stereocenters. The molecule has 3 nitrogen and oxygen atoms in total. The first-order valence-electron chi connectivity index (χ1n) is 6.21. The third kappa shape index (κ3) is 2.03. The predicted octanol–water partition coefficient (Wildman–Crippen LogP) is 1.37. The second-order valence-corrected chi connectivity index (χ2v) is 5.13. The molecule has 0 bridgehead atoms. The molecule has 15 heavy (non-hydrogen) atoms. The van der Waals surface area contributed by atoms with E-state index in [0.29, 0.717) is 12.5 Å². The number of carbonyl (C=O) groups excluding carboxylic acids is 1. The molecule has 0 aliphatic heterocycles. The van der Waals surface area contributed by atoms with Crippen LogP contribution in [0.15, 0.2) is 0 Å². The van der Waals surface area contributed by atoms with E-state index in [1.165, 1.54) is 19.3 Å². The molecule has 0 atom stereocenters. The van der Waals surface area contributed by atoms with Crippen molar-refractivity contribution in [3.8, 4) is 0 Å². The van der Waals surface area contributed by atoms with Crippen molar-refractivity contribution in [1.29, 1.82) is 0 Å². The second kappa shape index (κ2) is 4.12. The van der Waals surface area contributed by atoms with Crippen molar-refractivity contribution >= 4 is 5.91 Å². The number of hydrogen-bond donors (Lipinski definition) is 1. The summed E-state index contributed by atoms with van der Waals surface area (Å²) in [5.41, 5.74) is 5.54. The quantitative estimate of drug-likeness (QED) is 0.745. The lowest BCUT2D eigenvalue weighted by Gasteiger charge is -2.33. The van der Waals surface area contributed by atoms with Gasteiger partial charge < -0.3 is 10.6 Å². The predicted molar refractivity (Wildman–Crippen MR) is 60.3 cm³/mol. The summed E-state index contributed by atoms with van der Waals surface area (Å²) in [6, 6.07) is 0. The van der Waals surface area contributed by atoms with Gasteiger partial charge in [-0.15, -0.1) is 0 Å². The van der Waals surface area contributed by atoms with Gasteiger partial charge in [-0.3, -0.25) is 4.79 Å². The number of carbonyl (C=O) groups is 1. The maximum Gasteiger partial charge on any atom is 0.230 e. The maximum absolute atomic E-state index is 12.2. The van der Waals surface area contributed by atoms with Crippen LogP contribution in [-0.4, -0.2) is 30.4 Å². The molecule has 86 valence electrons. The third-order valence-electron chi connectivity index (χ3n) is 4.07. The van der Waals surface area contributed by atoms with Crippen LogP contribution in [0.1, 0.15) is 39.0 Å². The van der Waals surface area contributed by atoms with Crippen molar-refractivity contribution in [3.63, 3.8) is 0 Å². The molecule has 2 aliphatic carbocycles. The number of nitrogens with two attached hydrogens (primary N) is 1. The zero-order valence-corrected chi connectivity index (χ0v) is 9.67. The lowest BCUT2D eigenvalue weighted by atomic mass is 9.85. The standard InChI is InChI=1S/C12H22N2O/c1-2-14(8-10-4-3-5-10)11(15)12(9-13)6-7-12/h10H,2-9,13H2,1H3. The highest BCUT2D eigenvalue weighted by Gasteiger charge is 2.50. The molecule has 0 spiro atoms. The lowest BCUT2D eigenvalue weighted by molar-refractivity contribution is -0.137. The van der Waals surface area contributed by atoms with Gasteiger partial charge in [0.05, 0.1) is 5.41 Å². The summed E-state index contributed by atoms with van der Waals surface area (Å²) in [5, 5.41) is 0. The Bertz CT molecular complexity index is 244. The number of hydrogen-bond acceptors (Lipinski definition) is 2. The first-order chi connectivity index (χ1) is 7.22. The molecule has 0 heterocycles. The van der Waals surface area contributed by atoms with Gasteiger partial charge in [-0.1, -0.05) is 6.42 Å². The number of rotatable bonds is 5. The Morgan fingerprint density at radius 2 is 2.13 bits per heavy atom. The van der Waals surface area contributed by atoms with E-state index in [2.05, 4.69) is 6.92 Å². The number of nitrogens with zero attached hydrogens (tertiary/aromatic N) is 1. The van der Waals surface area contributed by atoms with E-state index in [1.54, 1.807) is 0 Å². The van der Waals surface area contributed by atoms with Crippen LogP contribution in [0.5, 0.6) is 0 Å². The van der Waals surface area contributed by atoms with Gasteiger partial charge in [0, 0.05) is 19.6 Å². The van der Waals surface area contributed by atoms with Crippen molar-refractivity contribution in [2.24, 2.45) is 17.1 Å². The summed E-state index contributed by atoms with van der Waals surface area (Å²) in [6.07, 6.45) is 5.96. The summed E-state index contributed by atoms with van der Waals surface area (Å²) in [6.45, 7) is 4.42. The molecule has 2 saturated carbocycles. The van der Waals surface area contributed by atoms with Crippen LogP contribution >= 0.6 is 0 Å². The van der Waals surface area contributed by atoms with Crippen molar-refractivity contribution in [2.75, 3.05) is 19.6 Å². The number of amides is 1. The maximum atomic E-state index is 12.2. The van der Waals surface area contributed by atoms with Gasteiger partial charge in [-0.05, 0) is 38.5 Å². The smallest absolute Gasteiger partial charge is 0.230 e. The Morgan fingerprint density at radius 3 is 2.47 bits per heavy atom. The molecule has 2 rings (SSSR count). The molecule has 0 radical (unpaired) electrons. The van der Waals surface area contributed by atoms with E-state index in [4.69, 9.17) is 5.73 Å². The topological polar surface area (TPSA) is 46.3 Å². The van der Waals surface area contributed by atoms with Gasteiger partial charge >= 0.3 is 0 Å². The van der Waals surface area contributed by atoms with Crippen LogP contribution in [-0.2, 0) is 4.79 Å². The average Bonchev–Trinajstić information content (AvgIpc) is 2.96. The first kappa shape index (κ1) is 10.9. The zero-order chi connectivity index (χ0) is 10.9. The van der Waals surface area contributed by atoms with Crippen LogP contribution in [0.2, 0.25) is 0 Å². The molecule has 2 aliphatic rings. The van der Waals surface area contributed by atoms with Crippen molar-refractivity contribution in [1.82, 2.24) is 4.90 Å². The Kier molecular flexibility index (Phi) is 3.01. The van der Waals surface area contributed by atoms with Crippen LogP contribution in [0.3, 0.4) is 0 Å². The monoisotopic (exact) mass is 210 g/mol. The van der Waals surface area contributed by atoms with E-state index in [1.807, 2.05) is 4.90 Å². The molecular formula is C12H22N2O. The molecule has 1 amide bonds. The summed E-state index contributed by atoms with van der Waals surface area (Å²) in [5.74, 6) is 1.09. The molecule has 3 heteroatoms. The van der Waals surface area contributed by atoms with Gasteiger partial charge in [-0.25, -0.2) is 0 Å². The minimum Gasteiger partial charge on any atom is -0.342 e. The summed E-state index contributed by atoms with van der Waals surface area (Å²) in [4.78, 5) is 14.2. The first-order valence-corrected chi connectivity index (χ1v) is 6.21. The fraction of sp³-hybridized carbons (Fsp3) is 0.917. The highest BCUT2D eigenvalue weighted by Crippen LogP contribution is 2.46. The molecule has 0 saturated heterocycles. The van der Waals surface area contributed by atoms with E-state index in [0.717, 1.165) is 31.8 Å². The SMILES string of the molecule is CCN(CC1CCC1)C(=O)C1(CN)CC1. The molecule has 0 aromatic rings. The van der Waals surface area contributed by atoms with E-state index in [9.17, 15) is 4.79 Å². The molecule has 0 aromatic heterocycles. The van der Waals surface area contributed by atoms with E-state index in [-0.39, 0.29) is 5.41 Å². The highest BCUT2D eigenvalue weighted by molar-refractivity contribution is 5.85. The Labute approximate surface area is 92.0 Å². The minimum atomic E-state index is -0.153. The molecule has 2 N–H and O–H groups in total. The van der Waals surface area contributed by atoms with Gasteiger partial charge in [0.25, 0.3) is 0 Å². The van der Waals surface area contributed by atoms with Crippen LogP contribution in [0.25, 0.3) is 0 Å². The zero-order valence-electron chi connectivity index (χ0n) is 9.67. The summed E-state index contributed by atoms with van der Waals surface area (Å²) >= 11 is 0. The van der Waals surface area contributed by atoms with E-state index < -0.39 is 0 Å². The summed E-state index contributed by atoms with van der Waals surface area (Å²) < 4.78 is 0. The van der Waals surface area contributed by atoms with Gasteiger partial charge in [-0.2, -0.15) is 0 Å². The van der Waals surface area contributed by atoms with Gasteiger partial charge in [0.1, 0.15) is 0 Å². The molecule has 0 aromatic carbocycles. The lowest BCUT2D eigenvalue weighted by Crippen LogP contribution is -2.43. The second-order valence-electron chi connectivity index (χ2n) is 5.13. The van der Waals surface area contributed by atoms with E-state index >= 15 is 0 Å². The van der Waals surface area contributed by atoms with Crippen LogP contribution < -0.4 is 5.73 Å². The Morgan fingerprint density at radius 1 is 1.47 bits per heavy atom. The minimum absolute atomic E-state index is 0.153. The van der Waals surface area contributed by atoms with Crippen molar-refractivity contribution < 1.29 is 4.79 Å². The third-order valence-corrected chi connectivity index (χ3v) is 4.07. The normalized spacial score (nSPS) is 23.3. The van der Waals surface area contributed by atoms with Crippen LogP contribution in [0.4, 0.5) is 0 Å². The van der Waals surface area contributed by atoms with Crippen molar-refractivity contribution in [3.05, 3.63) is 0 Å². The Hall–Kier alpha value is -0.570. The average molecular weight is 210 g/mol. The van der Waals surface area contributed by atoms with Crippen molar-refractivity contribution in [2.45, 2.75) is 39.0 Å². The van der Waals surface area contributed by atoms with Gasteiger partial charge in [0.15, 0.2) is 0 Å². The Balaban J connectivity index is 1.90. The fourth-order valence-corrected chi connectivity index (χ4v) is 2.33. The van der Waals surface area contributed by atoms with Crippen LogP contribution in [0, 0.1) is 11.3 Å².